The van der Waals surface area contributed by atoms with Crippen LogP contribution in [-0.4, -0.2) is 63.5 Å². The Labute approximate surface area is 921 Å². The Hall–Kier alpha value is -9.16. The number of hydrogen-bond acceptors (Lipinski definition) is 12. The average molecular weight is 2640 g/mol. The summed E-state index contributed by atoms with van der Waals surface area (Å²) in [4.78, 5) is 63.4. The predicted molar refractivity (Wildman–Crippen MR) is 578 cm³/mol. The molecule has 0 unspecified atom stereocenters. The van der Waals surface area contributed by atoms with Gasteiger partial charge in [0.1, 0.15) is 0 Å². The maximum atomic E-state index is 11.0. The molecule has 4 saturated carbocycles. The van der Waals surface area contributed by atoms with Gasteiger partial charge in [-0.1, -0.05) is 327 Å². The fourth-order valence-electron chi connectivity index (χ4n) is 17.0. The summed E-state index contributed by atoms with van der Waals surface area (Å²) in [6, 6.07) is 68.7. The largest absolute Gasteiger partial charge is 0.512 e. The van der Waals surface area contributed by atoms with Crippen LogP contribution >= 0.6 is 0 Å². The molecule has 4 fully saturated rings. The van der Waals surface area contributed by atoms with E-state index < -0.39 is 27.4 Å². The Bertz CT molecular complexity index is 6570. The summed E-state index contributed by atoms with van der Waals surface area (Å²) in [6.07, 6.45) is 28.5. The minimum absolute atomic E-state index is 0. The number of aryl methyl sites for hydroxylation is 8. The Kier molecular flexibility index (Phi) is 44.5. The number of carbonyl (C=O) groups excluding carboxylic acids is 4. The van der Waals surface area contributed by atoms with Crippen LogP contribution in [-0.2, 0) is 99.6 Å². The van der Waals surface area contributed by atoms with E-state index in [-0.39, 0.29) is 196 Å². The molecule has 768 valence electrons. The summed E-state index contributed by atoms with van der Waals surface area (Å²) in [6.45, 7) is 28.3. The van der Waals surface area contributed by atoms with E-state index in [0.717, 1.165) is 89.4 Å². The second kappa shape index (κ2) is 60.7. The van der Waals surface area contributed by atoms with Crippen molar-refractivity contribution in [3.63, 3.8) is 0 Å². The van der Waals surface area contributed by atoms with Crippen molar-refractivity contribution in [1.29, 1.82) is 0 Å². The van der Waals surface area contributed by atoms with Gasteiger partial charge in [-0.25, -0.2) is 0 Å². The third-order valence-electron chi connectivity index (χ3n) is 25.7. The number of nitrogens with zero attached hydrogens (tertiary/aromatic N) is 4. The first-order chi connectivity index (χ1) is 70.4. The second-order valence-corrected chi connectivity index (χ2v) is 40.1. The monoisotopic (exact) mass is 2640 g/mol. The van der Waals surface area contributed by atoms with Crippen molar-refractivity contribution in [3.05, 3.63) is 308 Å². The molecule has 0 aliphatic heterocycles. The van der Waals surface area contributed by atoms with Crippen molar-refractivity contribution in [3.8, 4) is 45.0 Å². The Balaban J connectivity index is 0.000000317. The normalized spacial score (nSPS) is 15.9. The van der Waals surface area contributed by atoms with Crippen molar-refractivity contribution >= 4 is 66.7 Å². The smallest absolute Gasteiger partial charge is 0.161 e. The van der Waals surface area contributed by atoms with Crippen LogP contribution in [0.1, 0.15) is 333 Å². The van der Waals surface area contributed by atoms with Gasteiger partial charge in [-0.3, -0.25) is 39.1 Å². The number of aromatic nitrogens is 4. The summed E-state index contributed by atoms with van der Waals surface area (Å²) in [7, 11) is 0. The molecule has 0 saturated heterocycles. The van der Waals surface area contributed by atoms with Crippen molar-refractivity contribution in [2.45, 2.75) is 305 Å². The molecule has 4 radical (unpaired) electrons. The standard InChI is InChI=1S/C24H26N.C23H24N.C22H22N.C21H20N.4C9H16O2.4Ir/c1-17-14-18(2)16-20(15-17)23-13-12-22-21(10-7-11-24(22)25-23)19-8-5-3-4-6-9-19;1-16-13-17(2)15-19(14-16)22-12-11-21-20(9-6-10-23(21)24-22)18-7-4-3-5-8-18;1-15-12-16(2)14-18(13-15)21-11-10-20-19(17-6-3-4-7-17)8-5-9-22(20)23-21;1-14-11-15(2)13-17(12-14)20-10-9-19-18(16-5-3-6-16)7-4-8-21(19)22-20;4*1-6(2)8(10)5-9(11)7(3)4;;;;/h7,10-15,19H,3-6,8-9H2,1-2H3;6,9-14,18H,3-5,7-8H2,1-2H3;5,8-13,17H,3-4,6-7H2,1-2H3;4,7-12,16H,3,5-6H2,1-2H3;4*5-7,10H,1-4H3;;;;/q4*-1;;;;;;;;/i4*2D3;;;;;;;;. The van der Waals surface area contributed by atoms with Crippen molar-refractivity contribution in [1.82, 2.24) is 19.9 Å². The van der Waals surface area contributed by atoms with E-state index in [9.17, 15) is 39.6 Å². The molecule has 0 amide bonds. The summed E-state index contributed by atoms with van der Waals surface area (Å²) in [5.74, 6) is 3.18. The molecule has 4 heterocycles. The molecule has 16 heteroatoms. The van der Waals surface area contributed by atoms with E-state index in [2.05, 4.69) is 103 Å². The Morgan fingerprint density at radius 1 is 0.275 bits per heavy atom. The first-order valence-corrected chi connectivity index (χ1v) is 50.0. The molecule has 12 aromatic rings. The Morgan fingerprint density at radius 2 is 0.465 bits per heavy atom. The van der Waals surface area contributed by atoms with Gasteiger partial charge in [0.2, 0.25) is 0 Å². The summed E-state index contributed by atoms with van der Waals surface area (Å²) in [5, 5.41) is 41.6. The Morgan fingerprint density at radius 3 is 0.641 bits per heavy atom. The molecule has 4 aliphatic carbocycles. The van der Waals surface area contributed by atoms with Gasteiger partial charge < -0.3 is 20.4 Å². The van der Waals surface area contributed by atoms with Crippen LogP contribution in [0.4, 0.5) is 0 Å². The third-order valence-corrected chi connectivity index (χ3v) is 25.7. The maximum Gasteiger partial charge on any atom is 0.161 e. The third kappa shape index (κ3) is 38.0. The van der Waals surface area contributed by atoms with Crippen molar-refractivity contribution in [2.75, 3.05) is 0 Å². The predicted octanol–water partition coefficient (Wildman–Crippen LogP) is 33.9. The van der Waals surface area contributed by atoms with Gasteiger partial charge in [0.15, 0.2) is 23.1 Å². The zero-order valence-electron chi connectivity index (χ0n) is 98.7. The molecule has 0 spiro atoms. The van der Waals surface area contributed by atoms with Crippen LogP contribution in [0.25, 0.3) is 88.6 Å². The fourth-order valence-corrected chi connectivity index (χ4v) is 17.0. The van der Waals surface area contributed by atoms with E-state index >= 15 is 0 Å². The quantitative estimate of drug-likeness (QED) is 0.0244. The van der Waals surface area contributed by atoms with Gasteiger partial charge in [0.25, 0.3) is 0 Å². The fraction of sp³-hybridized carbons (Fsp3) is 0.429. The van der Waals surface area contributed by atoms with E-state index in [1.54, 1.807) is 24.3 Å². The number of pyridine rings is 4. The zero-order chi connectivity index (χ0) is 111. The van der Waals surface area contributed by atoms with Gasteiger partial charge in [0.05, 0.1) is 45.1 Å². The van der Waals surface area contributed by atoms with Gasteiger partial charge in [-0.05, 0) is 144 Å². The van der Waals surface area contributed by atoms with Gasteiger partial charge in [-0.15, -0.1) is 140 Å². The molecule has 16 rings (SSSR count). The minimum atomic E-state index is -2.16. The maximum absolute atomic E-state index is 11.0. The number of fused-ring (bicyclic) bond motifs is 4. The minimum Gasteiger partial charge on any atom is -0.512 e. The number of carbonyl (C=O) groups is 4. The van der Waals surface area contributed by atoms with E-state index in [1.165, 1.54) is 184 Å². The first kappa shape index (κ1) is 104. The van der Waals surface area contributed by atoms with Gasteiger partial charge >= 0.3 is 0 Å². The number of benzene rings is 8. The molecule has 0 atom stereocenters. The van der Waals surface area contributed by atoms with Crippen LogP contribution in [0.3, 0.4) is 0 Å². The topological polar surface area (TPSA) is 201 Å². The van der Waals surface area contributed by atoms with Crippen molar-refractivity contribution in [2.24, 2.45) is 47.3 Å². The number of ketones is 4. The van der Waals surface area contributed by atoms with E-state index in [0.29, 0.717) is 23.7 Å². The van der Waals surface area contributed by atoms with Gasteiger partial charge in [-0.2, -0.15) is 0 Å². The molecule has 0 bridgehead atoms. The van der Waals surface area contributed by atoms with Crippen molar-refractivity contribution < 1.29 is 136 Å². The van der Waals surface area contributed by atoms with Crippen LogP contribution in [0.2, 0.25) is 0 Å². The average Bonchev–Trinajstić information content (AvgIpc) is 0.868. The zero-order valence-corrected chi connectivity index (χ0v) is 96.3. The molecule has 8 aromatic carbocycles. The summed E-state index contributed by atoms with van der Waals surface area (Å²) >= 11 is 0. The summed E-state index contributed by atoms with van der Waals surface area (Å²) in [5.41, 5.74) is 20.2. The van der Waals surface area contributed by atoms with Crippen LogP contribution in [0.15, 0.2) is 217 Å². The summed E-state index contributed by atoms with van der Waals surface area (Å²) < 4.78 is 92.1. The molecular formula is C126H156Ir4N4O8-4. The number of hydrogen-bond donors (Lipinski definition) is 4. The SMILES string of the molecule is CC(C)C(=O)C=C(O)C(C)C.CC(C)C(=O)C=C(O)C(C)C.CC(C)C(=O)C=C(O)C(C)C.CC(C)C(=O)C=C(O)C(C)C.[2H]C([2H])([2H])c1[c-]c(-c2ccc3c(C4CCC4)cccc3n2)cc(C)c1.[2H]C([2H])([2H])c1[c-]c(-c2ccc3c(C4CCCC4)cccc3n2)cc(C)c1.[2H]C([2H])([2H])c1[c-]c(-c2ccc3c(C4CCCCC4)cccc3n2)cc(C)c1.[2H]C([2H])([2H])c1[c-]c(-c2ccc3c(C4CCCCCC4)cccc3n2)cc(C)c1.[Ir].[Ir].[Ir].[Ir]. The van der Waals surface area contributed by atoms with Crippen LogP contribution in [0, 0.1) is 127 Å². The molecule has 142 heavy (non-hydrogen) atoms. The molecule has 4 aliphatic rings. The number of rotatable bonds is 20. The number of allylic oxidation sites excluding steroid dienone is 8. The first-order valence-electron chi connectivity index (χ1n) is 56.0. The number of aliphatic hydroxyl groups excluding tert-OH is 4. The van der Waals surface area contributed by atoms with E-state index in [1.807, 2.05) is 205 Å². The molecule has 4 N–H and O–H groups in total. The molecular weight excluding hydrogens is 2470 g/mol. The second-order valence-electron chi connectivity index (χ2n) is 40.1. The van der Waals surface area contributed by atoms with E-state index in [4.69, 9.17) is 36.4 Å². The molecule has 12 nitrogen and oxygen atoms in total. The van der Waals surface area contributed by atoms with Crippen LogP contribution < -0.4 is 0 Å². The van der Waals surface area contributed by atoms with Crippen LogP contribution in [0.5, 0.6) is 0 Å². The molecule has 4 aromatic heterocycles. The number of aliphatic hydroxyl groups is 4. The van der Waals surface area contributed by atoms with Gasteiger partial charge in [0, 0.05) is 190 Å².